The molecule has 390 valence electrons. The van der Waals surface area contributed by atoms with Gasteiger partial charge in [-0.05, 0) is 59.4 Å². The van der Waals surface area contributed by atoms with E-state index in [0.717, 1.165) is 20.6 Å². The van der Waals surface area contributed by atoms with Crippen molar-refractivity contribution in [1.29, 1.82) is 0 Å². The van der Waals surface area contributed by atoms with Crippen molar-refractivity contribution < 1.29 is 156 Å². The summed E-state index contributed by atoms with van der Waals surface area (Å²) in [7, 11) is 0. The Morgan fingerprint density at radius 1 is 0.284 bits per heavy atom. The summed E-state index contributed by atoms with van der Waals surface area (Å²) >= 11 is 0. The van der Waals surface area contributed by atoms with Crippen LogP contribution in [0.5, 0.6) is 0 Å². The average Bonchev–Trinajstić information content (AvgIpc) is 3.37. The van der Waals surface area contributed by atoms with Crippen molar-refractivity contribution in [2.24, 2.45) is 0 Å². The van der Waals surface area contributed by atoms with Gasteiger partial charge in [0, 0.05) is 23.3 Å². The van der Waals surface area contributed by atoms with Gasteiger partial charge in [0.2, 0.25) is 0 Å². The van der Waals surface area contributed by atoms with Crippen LogP contribution in [0.15, 0.2) is 231 Å². The topological polar surface area (TPSA) is 361 Å². The average molecular weight is 1310 g/mol. The monoisotopic (exact) mass is 1310 g/mol. The van der Waals surface area contributed by atoms with Gasteiger partial charge in [-0.1, -0.05) is 182 Å². The van der Waals surface area contributed by atoms with Gasteiger partial charge < -0.3 is 80.8 Å². The van der Waals surface area contributed by atoms with Gasteiger partial charge in [-0.2, -0.15) is 9.46 Å². The molecule has 0 saturated heterocycles. The number of benzene rings is 6. The maximum Gasteiger partial charge on any atom is 3.00 e. The molecule has 20 heteroatoms. The largest absolute Gasteiger partial charge is 3.00 e. The summed E-state index contributed by atoms with van der Waals surface area (Å²) in [6, 6.07) is 55.6. The normalized spacial score (nSPS) is 8.46. The van der Waals surface area contributed by atoms with Crippen molar-refractivity contribution in [2.45, 2.75) is 13.8 Å². The van der Waals surface area contributed by atoms with Crippen molar-refractivity contribution in [1.82, 2.24) is 0 Å². The van der Waals surface area contributed by atoms with Crippen LogP contribution in [-0.2, 0) is 11.0 Å². The standard InChI is InChI=1S/6C7H6O2.2C6H7NO.2Dy.2H2O/c6*8-7(9)6-4-2-1-3-5-6;2*1-6-3-2-4-7(8)5-6;;;;/h6*1-5H,(H,8,9);2*2-5H,1H3;;;2*1H2/q;;;;;;;;2*+3;;/p-4. The Morgan fingerprint density at radius 3 is 0.514 bits per heavy atom. The van der Waals surface area contributed by atoms with Gasteiger partial charge in [0.25, 0.3) is 0 Å². The number of pyridine rings is 2. The fourth-order valence-corrected chi connectivity index (χ4v) is 4.58. The molecule has 18 nitrogen and oxygen atoms in total. The molecule has 0 aliphatic carbocycles. The molecular formula is C54H50Dy2N2O16+2. The number of carbonyl (C=O) groups excluding carboxylic acids is 6. The molecule has 8 aromatic rings. The first kappa shape index (κ1) is 73.0. The van der Waals surface area contributed by atoms with Crippen LogP contribution < -0.4 is 40.1 Å². The van der Waals surface area contributed by atoms with Gasteiger partial charge >= 0.3 is 76.3 Å². The van der Waals surface area contributed by atoms with Gasteiger partial charge in [-0.3, -0.25) is 0 Å². The van der Waals surface area contributed by atoms with E-state index >= 15 is 0 Å². The van der Waals surface area contributed by atoms with Crippen molar-refractivity contribution in [2.75, 3.05) is 0 Å². The molecule has 2 radical (unpaired) electrons. The second-order valence-corrected chi connectivity index (χ2v) is 13.4. The van der Waals surface area contributed by atoms with E-state index in [-0.39, 0.29) is 121 Å². The van der Waals surface area contributed by atoms with E-state index in [4.69, 9.17) is 0 Å². The zero-order valence-electron chi connectivity index (χ0n) is 39.3. The number of carboxylic acid groups (broad SMARTS) is 6. The van der Waals surface area contributed by atoms with Crippen LogP contribution in [0.25, 0.3) is 0 Å². The Morgan fingerprint density at radius 2 is 0.432 bits per heavy atom. The molecule has 0 atom stereocenters. The number of carbonyl (C=O) groups is 6. The first-order chi connectivity index (χ1) is 33.4. The number of aromatic carboxylic acids is 6. The number of hydrogen-bond donors (Lipinski definition) is 0. The van der Waals surface area contributed by atoms with Gasteiger partial charge in [0.05, 0.1) is 35.8 Å². The Bertz CT molecular complexity index is 2300. The Labute approximate surface area is 487 Å². The molecule has 8 rings (SSSR count). The molecule has 0 aliphatic rings. The second kappa shape index (κ2) is 44.2. The van der Waals surface area contributed by atoms with Crippen LogP contribution in [0.1, 0.15) is 73.3 Å². The zero-order valence-corrected chi connectivity index (χ0v) is 43.4. The first-order valence-corrected chi connectivity index (χ1v) is 20.3. The molecule has 0 fully saturated rings. The van der Waals surface area contributed by atoms with E-state index in [2.05, 4.69) is 0 Å². The van der Waals surface area contributed by atoms with Crippen LogP contribution in [0, 0.1) is 101 Å². The van der Waals surface area contributed by atoms with Crippen LogP contribution in [0.4, 0.5) is 0 Å². The van der Waals surface area contributed by atoms with Gasteiger partial charge in [0.1, 0.15) is 0 Å². The molecule has 0 unspecified atom stereocenters. The Balaban J connectivity index is -0.000000376. The van der Waals surface area contributed by atoms with Crippen molar-refractivity contribution in [3.05, 3.63) is 286 Å². The summed E-state index contributed by atoms with van der Waals surface area (Å²) in [5.41, 5.74) is 3.30. The molecule has 0 amide bonds. The van der Waals surface area contributed by atoms with Gasteiger partial charge in [0.15, 0.2) is 24.8 Å². The number of rotatable bonds is 6. The maximum absolute atomic E-state index is 10.4. The molecule has 74 heavy (non-hydrogen) atoms. The third kappa shape index (κ3) is 36.4. The minimum absolute atomic E-state index is 0. The van der Waals surface area contributed by atoms with Gasteiger partial charge in [-0.15, -0.1) is 0 Å². The molecule has 6 N–H and O–H groups in total. The summed E-state index contributed by atoms with van der Waals surface area (Å²) in [5, 5.41) is 81.4. The van der Waals surface area contributed by atoms with Crippen LogP contribution in [0.2, 0.25) is 0 Å². The van der Waals surface area contributed by atoms with E-state index in [9.17, 15) is 69.8 Å². The Hall–Kier alpha value is -7.49. The number of aromatic nitrogens is 2. The molecule has 0 bridgehead atoms. The molecule has 0 spiro atoms. The van der Waals surface area contributed by atoms with E-state index in [1.807, 2.05) is 26.0 Å². The Kier molecular flexibility index (Phi) is 43.7. The van der Waals surface area contributed by atoms with E-state index < -0.39 is 35.8 Å². The number of carboxylic acids is 6. The SMILES string of the molecule is Cc1ccc[n+]([O-])c1.Cc1ccc[n+]([O-])c1.O=C([O-])c1ccccc1.O=C([O-])c1ccccc1.O=C([O-])c1ccccc1.O=C([O-])c1ccccc1.O=C([O-])c1ccccc1.O=C([O-])c1ccccc1.[Dy+3].[Dy+3].[OH3+].[OH3+]. The first-order valence-electron chi connectivity index (χ1n) is 20.3. The summed E-state index contributed by atoms with van der Waals surface area (Å²) in [6.07, 6.45) is 5.99. The van der Waals surface area contributed by atoms with Gasteiger partial charge in [-0.25, -0.2) is 0 Å². The number of hydrogen-bond acceptors (Lipinski definition) is 14. The van der Waals surface area contributed by atoms with E-state index in [0.29, 0.717) is 0 Å². The number of nitrogens with zero attached hydrogens (tertiary/aromatic N) is 2. The van der Waals surface area contributed by atoms with Crippen LogP contribution in [0.3, 0.4) is 0 Å². The summed E-state index contributed by atoms with van der Waals surface area (Å²) in [5.74, 6) is -6.77. The zero-order chi connectivity index (χ0) is 52.1. The third-order valence-electron chi connectivity index (χ3n) is 7.90. The smallest absolute Gasteiger partial charge is 0.619 e. The third-order valence-corrected chi connectivity index (χ3v) is 7.90. The molecular weight excluding hydrogens is 1260 g/mol. The van der Waals surface area contributed by atoms with Crippen molar-refractivity contribution in [3.63, 3.8) is 0 Å². The molecule has 2 heterocycles. The fourth-order valence-electron chi connectivity index (χ4n) is 4.58. The predicted octanol–water partition coefficient (Wildman–Crippen LogP) is -0.286. The van der Waals surface area contributed by atoms with Crippen LogP contribution >= 0.6 is 0 Å². The maximum atomic E-state index is 10.4. The summed E-state index contributed by atoms with van der Waals surface area (Å²) in [6.45, 7) is 3.77. The van der Waals surface area contributed by atoms with Crippen molar-refractivity contribution in [3.8, 4) is 0 Å². The quantitative estimate of drug-likeness (QED) is 0.117. The molecule has 0 saturated carbocycles. The van der Waals surface area contributed by atoms with Crippen LogP contribution in [-0.4, -0.2) is 35.8 Å². The second-order valence-electron chi connectivity index (χ2n) is 13.4. The summed E-state index contributed by atoms with van der Waals surface area (Å²) < 4.78 is 1.57. The molecule has 6 aromatic carbocycles. The minimum Gasteiger partial charge on any atom is -0.619 e. The molecule has 2 aromatic heterocycles. The summed E-state index contributed by atoms with van der Waals surface area (Å²) in [4.78, 5) is 60.5. The fraction of sp³-hybridized carbons (Fsp3) is 0.0370. The van der Waals surface area contributed by atoms with E-state index in [1.54, 1.807) is 121 Å². The van der Waals surface area contributed by atoms with E-state index in [1.165, 1.54) is 97.6 Å². The number of aryl methyl sites for hydroxylation is 2. The minimum atomic E-state index is -1.13. The van der Waals surface area contributed by atoms with Crippen molar-refractivity contribution >= 4 is 35.8 Å². The predicted molar refractivity (Wildman–Crippen MR) is 255 cm³/mol. The molecule has 0 aliphatic heterocycles.